The molecule has 1 N–H and O–H groups in total. The Hall–Kier alpha value is -3.61. The molecule has 3 aliphatic rings. The van der Waals surface area contributed by atoms with Crippen LogP contribution in [-0.4, -0.2) is 32.1 Å². The van der Waals surface area contributed by atoms with Crippen molar-refractivity contribution in [2.24, 2.45) is 0 Å². The number of methoxy groups -OCH3 is 2. The Kier molecular flexibility index (Phi) is 7.04. The summed E-state index contributed by atoms with van der Waals surface area (Å²) in [7, 11) is 3.16. The highest BCUT2D eigenvalue weighted by atomic mass is 19.1. The van der Waals surface area contributed by atoms with Gasteiger partial charge in [-0.2, -0.15) is 0 Å². The molecule has 1 fully saturated rings. The van der Waals surface area contributed by atoms with E-state index in [1.807, 2.05) is 18.2 Å². The molecule has 0 radical (unpaired) electrons. The predicted octanol–water partition coefficient (Wildman–Crippen LogP) is 5.69. The Balaban J connectivity index is 1.54. The van der Waals surface area contributed by atoms with Gasteiger partial charge in [0.05, 0.1) is 25.7 Å². The number of ketones is 1. The Morgan fingerprint density at radius 1 is 1.00 bits per heavy atom. The Bertz CT molecular complexity index is 1290. The van der Waals surface area contributed by atoms with E-state index < -0.39 is 17.7 Å². The molecule has 2 aromatic rings. The van der Waals surface area contributed by atoms with Gasteiger partial charge in [0.2, 0.25) is 0 Å². The number of benzene rings is 2. The zero-order valence-corrected chi connectivity index (χ0v) is 21.4. The van der Waals surface area contributed by atoms with Crippen LogP contribution in [0.3, 0.4) is 0 Å². The molecular formula is C30H32FNO5. The van der Waals surface area contributed by atoms with Crippen LogP contribution in [0.1, 0.15) is 68.4 Å². The number of Topliss-reactive ketones (excluding diaryl/α,β-unsaturated/α-hetero) is 1. The van der Waals surface area contributed by atoms with Crippen LogP contribution < -0.4 is 14.8 Å². The van der Waals surface area contributed by atoms with Crippen molar-refractivity contribution in [1.29, 1.82) is 0 Å². The zero-order chi connectivity index (χ0) is 26.1. The van der Waals surface area contributed by atoms with Gasteiger partial charge in [-0.25, -0.2) is 9.18 Å². The third-order valence-corrected chi connectivity index (χ3v) is 7.72. The summed E-state index contributed by atoms with van der Waals surface area (Å²) in [5, 5.41) is 3.33. The number of rotatable bonds is 6. The molecule has 0 aromatic heterocycles. The second-order valence-electron chi connectivity index (χ2n) is 9.96. The Labute approximate surface area is 216 Å². The second-order valence-corrected chi connectivity index (χ2v) is 9.96. The summed E-state index contributed by atoms with van der Waals surface area (Å²) in [5.74, 6) is -0.735. The quantitative estimate of drug-likeness (QED) is 0.509. The fraction of sp³-hybridized carbons (Fsp3) is 0.400. The van der Waals surface area contributed by atoms with Crippen molar-refractivity contribution < 1.29 is 28.2 Å². The third-order valence-electron chi connectivity index (χ3n) is 7.72. The topological polar surface area (TPSA) is 73.9 Å². The highest BCUT2D eigenvalue weighted by Gasteiger charge is 2.43. The number of halogens is 1. The molecule has 1 aliphatic heterocycles. The van der Waals surface area contributed by atoms with Gasteiger partial charge in [-0.1, -0.05) is 24.3 Å². The molecule has 5 rings (SSSR count). The van der Waals surface area contributed by atoms with Crippen LogP contribution in [-0.2, 0) is 14.3 Å². The maximum absolute atomic E-state index is 15.2. The van der Waals surface area contributed by atoms with Crippen molar-refractivity contribution in [3.05, 3.63) is 81.9 Å². The van der Waals surface area contributed by atoms with E-state index in [-0.39, 0.29) is 24.2 Å². The van der Waals surface area contributed by atoms with E-state index in [0.717, 1.165) is 36.9 Å². The zero-order valence-electron chi connectivity index (χ0n) is 21.4. The molecule has 6 nitrogen and oxygen atoms in total. The average molecular weight is 506 g/mol. The van der Waals surface area contributed by atoms with Gasteiger partial charge in [0.25, 0.3) is 0 Å². The van der Waals surface area contributed by atoms with Gasteiger partial charge in [0.15, 0.2) is 17.3 Å². The van der Waals surface area contributed by atoms with E-state index in [4.69, 9.17) is 14.2 Å². The van der Waals surface area contributed by atoms with Crippen molar-refractivity contribution in [3.63, 3.8) is 0 Å². The Morgan fingerprint density at radius 2 is 1.73 bits per heavy atom. The van der Waals surface area contributed by atoms with Gasteiger partial charge in [-0.3, -0.25) is 4.79 Å². The molecule has 0 amide bonds. The monoisotopic (exact) mass is 505 g/mol. The van der Waals surface area contributed by atoms with Gasteiger partial charge >= 0.3 is 5.97 Å². The lowest BCUT2D eigenvalue weighted by molar-refractivity contribution is -0.144. The van der Waals surface area contributed by atoms with Gasteiger partial charge in [0.1, 0.15) is 11.9 Å². The molecule has 0 unspecified atom stereocenters. The second kappa shape index (κ2) is 10.4. The molecule has 1 heterocycles. The first-order valence-corrected chi connectivity index (χ1v) is 12.8. The van der Waals surface area contributed by atoms with E-state index >= 15 is 4.39 Å². The maximum atomic E-state index is 15.2. The van der Waals surface area contributed by atoms with E-state index in [1.54, 1.807) is 39.3 Å². The van der Waals surface area contributed by atoms with Crippen molar-refractivity contribution >= 4 is 11.8 Å². The minimum Gasteiger partial charge on any atom is -0.493 e. The lowest BCUT2D eigenvalue weighted by Crippen LogP contribution is -2.37. The number of carbonyl (C=O) groups excluding carboxylic acids is 2. The standard InChI is InChI=1S/C30H32FNO5/c1-17-27(30(34)37-20-8-4-5-9-20)28(21-10-6-7-11-22(21)31)29-23(32-17)14-19(15-24(29)33)18-12-13-25(35-2)26(16-18)36-3/h6-7,10-13,16,19-20,28,32H,4-5,8-9,14-15H2,1-3H3/t19-,28-/m1/s1. The number of allylic oxidation sites excluding steroid dienone is 3. The fourth-order valence-corrected chi connectivity index (χ4v) is 5.89. The molecule has 2 aliphatic carbocycles. The van der Waals surface area contributed by atoms with E-state index in [0.29, 0.717) is 40.3 Å². The fourth-order valence-electron chi connectivity index (χ4n) is 5.89. The third kappa shape index (κ3) is 4.75. The van der Waals surface area contributed by atoms with Crippen molar-refractivity contribution in [3.8, 4) is 11.5 Å². The number of esters is 1. The number of hydrogen-bond donors (Lipinski definition) is 1. The van der Waals surface area contributed by atoms with E-state index in [2.05, 4.69) is 5.32 Å². The first kappa shape index (κ1) is 25.1. The number of ether oxygens (including phenoxy) is 3. The lowest BCUT2D eigenvalue weighted by atomic mass is 9.71. The normalized spacial score (nSPS) is 22.0. The summed E-state index contributed by atoms with van der Waals surface area (Å²) in [6.07, 6.45) is 4.35. The molecular weight excluding hydrogens is 473 g/mol. The molecule has 0 bridgehead atoms. The van der Waals surface area contributed by atoms with Crippen LogP contribution in [0.2, 0.25) is 0 Å². The van der Waals surface area contributed by atoms with Crippen molar-refractivity contribution in [1.82, 2.24) is 5.32 Å². The minimum absolute atomic E-state index is 0.0976. The highest BCUT2D eigenvalue weighted by Crippen LogP contribution is 2.47. The molecule has 1 saturated carbocycles. The summed E-state index contributed by atoms with van der Waals surface area (Å²) in [6.45, 7) is 1.80. The smallest absolute Gasteiger partial charge is 0.337 e. The first-order chi connectivity index (χ1) is 17.9. The number of nitrogens with one attached hydrogen (secondary N) is 1. The van der Waals surface area contributed by atoms with Gasteiger partial charge in [-0.05, 0) is 68.7 Å². The molecule has 2 atom stereocenters. The van der Waals surface area contributed by atoms with Crippen molar-refractivity contribution in [2.45, 2.75) is 63.4 Å². The highest BCUT2D eigenvalue weighted by molar-refractivity contribution is 6.04. The number of hydrogen-bond acceptors (Lipinski definition) is 6. The SMILES string of the molecule is COc1ccc([C@H]2CC(=O)C3=C(C2)NC(C)=C(C(=O)OC2CCCC2)[C@H]3c2ccccc2F)cc1OC. The van der Waals surface area contributed by atoms with Crippen LogP contribution >= 0.6 is 0 Å². The summed E-state index contributed by atoms with van der Waals surface area (Å²) < 4.78 is 31.8. The van der Waals surface area contributed by atoms with Crippen LogP contribution in [0.4, 0.5) is 4.39 Å². The van der Waals surface area contributed by atoms with Crippen LogP contribution in [0.15, 0.2) is 65.0 Å². The lowest BCUT2D eigenvalue weighted by Gasteiger charge is -2.37. The molecule has 7 heteroatoms. The molecule has 37 heavy (non-hydrogen) atoms. The minimum atomic E-state index is -0.815. The average Bonchev–Trinajstić information content (AvgIpc) is 3.40. The largest absolute Gasteiger partial charge is 0.493 e. The van der Waals surface area contributed by atoms with Gasteiger partial charge in [-0.15, -0.1) is 0 Å². The van der Waals surface area contributed by atoms with E-state index in [1.165, 1.54) is 6.07 Å². The number of carbonyl (C=O) groups is 2. The Morgan fingerprint density at radius 3 is 2.43 bits per heavy atom. The summed E-state index contributed by atoms with van der Waals surface area (Å²) in [4.78, 5) is 27.2. The van der Waals surface area contributed by atoms with Crippen LogP contribution in [0.25, 0.3) is 0 Å². The maximum Gasteiger partial charge on any atom is 0.337 e. The summed E-state index contributed by atoms with van der Waals surface area (Å²) in [6, 6.07) is 12.0. The summed E-state index contributed by atoms with van der Waals surface area (Å²) >= 11 is 0. The van der Waals surface area contributed by atoms with Crippen LogP contribution in [0, 0.1) is 5.82 Å². The molecule has 2 aromatic carbocycles. The van der Waals surface area contributed by atoms with E-state index in [9.17, 15) is 9.59 Å². The molecule has 194 valence electrons. The summed E-state index contributed by atoms with van der Waals surface area (Å²) in [5.41, 5.74) is 3.34. The molecule has 0 saturated heterocycles. The van der Waals surface area contributed by atoms with Gasteiger partial charge < -0.3 is 19.5 Å². The van der Waals surface area contributed by atoms with Crippen molar-refractivity contribution in [2.75, 3.05) is 14.2 Å². The number of dihydropyridines is 1. The van der Waals surface area contributed by atoms with Gasteiger partial charge in [0, 0.05) is 29.0 Å². The predicted molar refractivity (Wildman–Crippen MR) is 137 cm³/mol. The molecule has 0 spiro atoms. The first-order valence-electron chi connectivity index (χ1n) is 12.8. The van der Waals surface area contributed by atoms with Crippen LogP contribution in [0.5, 0.6) is 11.5 Å².